The number of carbonyl (C=O) groups is 3. The minimum atomic E-state index is -1.28. The summed E-state index contributed by atoms with van der Waals surface area (Å²) in [7, 11) is 0. The zero-order valence-corrected chi connectivity index (χ0v) is 14.2. The molecule has 0 aliphatic rings. The number of hydrogen-bond donors (Lipinski definition) is 6. The molecule has 9 nitrogen and oxygen atoms in total. The number of H-pyrrole nitrogens is 1. The lowest BCUT2D eigenvalue weighted by Gasteiger charge is -2.20. The maximum Gasteiger partial charge on any atom is 0.326 e. The lowest BCUT2D eigenvalue weighted by Crippen LogP contribution is -2.55. The third kappa shape index (κ3) is 4.58. The highest BCUT2D eigenvalue weighted by atomic mass is 16.4. The van der Waals surface area contributed by atoms with Crippen LogP contribution in [-0.4, -0.2) is 57.7 Å². The Morgan fingerprint density at radius 3 is 2.42 bits per heavy atom. The smallest absolute Gasteiger partial charge is 0.326 e. The van der Waals surface area contributed by atoms with E-state index in [1.54, 1.807) is 6.20 Å². The standard InChI is InChI=1S/C17H22N4O5/c1-9(18)15(23)21-14(8-22)16(24)20-13(17(25)26)6-10-7-19-12-5-3-2-4-11(10)12/h2-5,7,9,13-14,19,22H,6,8,18H2,1H3,(H,20,24)(H,21,23)(H,25,26)/t9-,13-,14-/m0/s1. The molecule has 0 unspecified atom stereocenters. The molecule has 1 aromatic carbocycles. The molecule has 2 rings (SSSR count). The van der Waals surface area contributed by atoms with Crippen LogP contribution >= 0.6 is 0 Å². The first-order chi connectivity index (χ1) is 12.3. The molecule has 0 saturated heterocycles. The number of carbonyl (C=O) groups excluding carboxylic acids is 2. The van der Waals surface area contributed by atoms with E-state index in [0.717, 1.165) is 16.5 Å². The Kier molecular flexibility index (Phi) is 6.31. The SMILES string of the molecule is C[C@H](N)C(=O)N[C@@H](CO)C(=O)N[C@@H](Cc1c[nH]c2ccccc12)C(=O)O. The number of hydrogen-bond acceptors (Lipinski definition) is 5. The van der Waals surface area contributed by atoms with E-state index in [0.29, 0.717) is 0 Å². The monoisotopic (exact) mass is 362 g/mol. The number of rotatable bonds is 8. The van der Waals surface area contributed by atoms with Crippen LogP contribution < -0.4 is 16.4 Å². The number of aliphatic hydroxyl groups excluding tert-OH is 1. The predicted octanol–water partition coefficient (Wildman–Crippen LogP) is -0.896. The van der Waals surface area contributed by atoms with Crippen molar-refractivity contribution in [3.05, 3.63) is 36.0 Å². The summed E-state index contributed by atoms with van der Waals surface area (Å²) in [6.07, 6.45) is 1.73. The second-order valence-electron chi connectivity index (χ2n) is 6.00. The zero-order valence-electron chi connectivity index (χ0n) is 14.2. The molecule has 2 aromatic rings. The quantitative estimate of drug-likeness (QED) is 0.357. The summed E-state index contributed by atoms with van der Waals surface area (Å²) in [6, 6.07) is 4.03. The van der Waals surface area contributed by atoms with Gasteiger partial charge in [0.25, 0.3) is 0 Å². The van der Waals surface area contributed by atoms with Crippen LogP contribution in [0, 0.1) is 0 Å². The van der Waals surface area contributed by atoms with Crippen molar-refractivity contribution in [2.75, 3.05) is 6.61 Å². The summed E-state index contributed by atoms with van der Waals surface area (Å²) in [5.41, 5.74) is 7.00. The van der Waals surface area contributed by atoms with Gasteiger partial charge in [0.05, 0.1) is 12.6 Å². The van der Waals surface area contributed by atoms with Crippen molar-refractivity contribution in [3.63, 3.8) is 0 Å². The molecule has 0 radical (unpaired) electrons. The Morgan fingerprint density at radius 2 is 1.81 bits per heavy atom. The minimum Gasteiger partial charge on any atom is -0.480 e. The normalized spacial score (nSPS) is 14.4. The molecule has 9 heteroatoms. The van der Waals surface area contributed by atoms with Crippen LogP contribution in [0.15, 0.2) is 30.5 Å². The Morgan fingerprint density at radius 1 is 1.15 bits per heavy atom. The van der Waals surface area contributed by atoms with Crippen LogP contribution in [0.4, 0.5) is 0 Å². The summed E-state index contributed by atoms with van der Waals surface area (Å²) in [6.45, 7) is 0.752. The number of nitrogens with one attached hydrogen (secondary N) is 3. The van der Waals surface area contributed by atoms with Gasteiger partial charge in [-0.25, -0.2) is 4.79 Å². The second kappa shape index (κ2) is 8.45. The highest BCUT2D eigenvalue weighted by Gasteiger charge is 2.27. The van der Waals surface area contributed by atoms with E-state index in [-0.39, 0.29) is 6.42 Å². The van der Waals surface area contributed by atoms with Crippen LogP contribution in [0.25, 0.3) is 10.9 Å². The molecule has 7 N–H and O–H groups in total. The number of aliphatic carboxylic acids is 1. The first-order valence-electron chi connectivity index (χ1n) is 8.08. The fourth-order valence-electron chi connectivity index (χ4n) is 2.49. The summed E-state index contributed by atoms with van der Waals surface area (Å²) in [5, 5.41) is 24.2. The van der Waals surface area contributed by atoms with Crippen LogP contribution in [-0.2, 0) is 20.8 Å². The molecule has 0 saturated carbocycles. The molecular formula is C17H22N4O5. The largest absolute Gasteiger partial charge is 0.480 e. The van der Waals surface area contributed by atoms with Gasteiger partial charge in [-0.05, 0) is 18.6 Å². The summed E-state index contributed by atoms with van der Waals surface area (Å²) >= 11 is 0. The molecule has 2 amide bonds. The number of fused-ring (bicyclic) bond motifs is 1. The van der Waals surface area contributed by atoms with Crippen LogP contribution in [0.1, 0.15) is 12.5 Å². The average Bonchev–Trinajstić information content (AvgIpc) is 3.01. The highest BCUT2D eigenvalue weighted by Crippen LogP contribution is 2.19. The van der Waals surface area contributed by atoms with Gasteiger partial charge in [-0.3, -0.25) is 9.59 Å². The molecule has 3 atom stereocenters. The van der Waals surface area contributed by atoms with Crippen LogP contribution in [0.3, 0.4) is 0 Å². The van der Waals surface area contributed by atoms with Gasteiger partial charge < -0.3 is 31.6 Å². The second-order valence-corrected chi connectivity index (χ2v) is 6.00. The van der Waals surface area contributed by atoms with E-state index in [1.807, 2.05) is 24.3 Å². The highest BCUT2D eigenvalue weighted by molar-refractivity contribution is 5.92. The van der Waals surface area contributed by atoms with Gasteiger partial charge in [0.15, 0.2) is 0 Å². The van der Waals surface area contributed by atoms with E-state index in [2.05, 4.69) is 15.6 Å². The number of carboxylic acid groups (broad SMARTS) is 1. The van der Waals surface area contributed by atoms with Gasteiger partial charge in [0.2, 0.25) is 11.8 Å². The van der Waals surface area contributed by atoms with Crippen molar-refractivity contribution in [1.82, 2.24) is 15.6 Å². The molecule has 1 aromatic heterocycles. The predicted molar refractivity (Wildman–Crippen MR) is 94.2 cm³/mol. The maximum atomic E-state index is 12.2. The Balaban J connectivity index is 2.10. The topological polar surface area (TPSA) is 158 Å². The number of aromatic nitrogens is 1. The lowest BCUT2D eigenvalue weighted by atomic mass is 10.0. The molecule has 26 heavy (non-hydrogen) atoms. The Hall–Kier alpha value is -2.91. The lowest BCUT2D eigenvalue weighted by molar-refractivity contribution is -0.142. The van der Waals surface area contributed by atoms with Crippen molar-refractivity contribution in [2.24, 2.45) is 5.73 Å². The number of aromatic amines is 1. The number of benzene rings is 1. The summed E-state index contributed by atoms with van der Waals surface area (Å²) < 4.78 is 0. The first-order valence-corrected chi connectivity index (χ1v) is 8.08. The molecule has 0 spiro atoms. The van der Waals surface area contributed by atoms with Crippen LogP contribution in [0.2, 0.25) is 0 Å². The van der Waals surface area contributed by atoms with Crippen molar-refractivity contribution in [3.8, 4) is 0 Å². The van der Waals surface area contributed by atoms with Gasteiger partial charge >= 0.3 is 5.97 Å². The third-order valence-corrected chi connectivity index (χ3v) is 3.94. The number of nitrogens with two attached hydrogens (primary N) is 1. The fraction of sp³-hybridized carbons (Fsp3) is 0.353. The summed E-state index contributed by atoms with van der Waals surface area (Å²) in [4.78, 5) is 38.4. The number of aliphatic hydroxyl groups is 1. The van der Waals surface area contributed by atoms with Crippen molar-refractivity contribution in [1.29, 1.82) is 0 Å². The molecule has 1 heterocycles. The minimum absolute atomic E-state index is 0.0461. The number of amides is 2. The van der Waals surface area contributed by atoms with E-state index in [9.17, 15) is 24.6 Å². The zero-order chi connectivity index (χ0) is 19.3. The van der Waals surface area contributed by atoms with Gasteiger partial charge in [-0.15, -0.1) is 0 Å². The molecule has 0 fully saturated rings. The van der Waals surface area contributed by atoms with Crippen LogP contribution in [0.5, 0.6) is 0 Å². The van der Waals surface area contributed by atoms with Crippen molar-refractivity contribution >= 4 is 28.7 Å². The van der Waals surface area contributed by atoms with E-state index in [1.165, 1.54) is 6.92 Å². The average molecular weight is 362 g/mol. The molecule has 140 valence electrons. The van der Waals surface area contributed by atoms with Crippen molar-refractivity contribution in [2.45, 2.75) is 31.5 Å². The number of para-hydroxylation sites is 1. The van der Waals surface area contributed by atoms with Gasteiger partial charge in [-0.2, -0.15) is 0 Å². The number of carboxylic acids is 1. The van der Waals surface area contributed by atoms with E-state index < -0.39 is 42.5 Å². The Labute approximate surface area is 149 Å². The first kappa shape index (κ1) is 19.4. The molecular weight excluding hydrogens is 340 g/mol. The van der Waals surface area contributed by atoms with Gasteiger partial charge in [0, 0.05) is 23.5 Å². The van der Waals surface area contributed by atoms with E-state index >= 15 is 0 Å². The summed E-state index contributed by atoms with van der Waals surface area (Å²) in [5.74, 6) is -2.64. The van der Waals surface area contributed by atoms with E-state index in [4.69, 9.17) is 5.73 Å². The maximum absolute atomic E-state index is 12.2. The molecule has 0 aliphatic carbocycles. The fourth-order valence-corrected chi connectivity index (χ4v) is 2.49. The van der Waals surface area contributed by atoms with Gasteiger partial charge in [0.1, 0.15) is 12.1 Å². The molecule has 0 bridgehead atoms. The van der Waals surface area contributed by atoms with Crippen molar-refractivity contribution < 1.29 is 24.6 Å². The third-order valence-electron chi connectivity index (χ3n) is 3.94. The Bertz CT molecular complexity index is 801. The van der Waals surface area contributed by atoms with Gasteiger partial charge in [-0.1, -0.05) is 18.2 Å². The molecule has 0 aliphatic heterocycles.